The van der Waals surface area contributed by atoms with Crippen LogP contribution in [0.3, 0.4) is 0 Å². The molecule has 0 aliphatic rings. The van der Waals surface area contributed by atoms with E-state index in [-0.39, 0.29) is 0 Å². The van der Waals surface area contributed by atoms with E-state index in [2.05, 4.69) is 4.98 Å². The van der Waals surface area contributed by atoms with E-state index in [0.717, 1.165) is 16.9 Å². The van der Waals surface area contributed by atoms with Crippen LogP contribution in [0.1, 0.15) is 25.1 Å². The highest BCUT2D eigenvalue weighted by atomic mass is 14.7. The van der Waals surface area contributed by atoms with Gasteiger partial charge in [-0.2, -0.15) is 0 Å². The smallest absolute Gasteiger partial charge is 0.0649 e. The van der Waals surface area contributed by atoms with Crippen molar-refractivity contribution in [3.05, 3.63) is 29.1 Å². The Bertz CT molecular complexity index is 310. The highest BCUT2D eigenvalue weighted by Crippen LogP contribution is 2.12. The molecule has 0 bridgehead atoms. The lowest BCUT2D eigenvalue weighted by Crippen LogP contribution is -1.92. The maximum atomic E-state index is 5.73. The quantitative estimate of drug-likeness (QED) is 0.688. The number of pyridine rings is 1. The largest absolute Gasteiger partial charge is 0.398 e. The average Bonchev–Trinajstić information content (AvgIpc) is 1.96. The van der Waals surface area contributed by atoms with Crippen LogP contribution in [0.4, 0.5) is 5.69 Å². The van der Waals surface area contributed by atoms with Crippen molar-refractivity contribution in [2.45, 2.75) is 20.8 Å². The van der Waals surface area contributed by atoms with Crippen molar-refractivity contribution in [3.8, 4) is 0 Å². The second-order valence-electron chi connectivity index (χ2n) is 3.19. The Morgan fingerprint density at radius 3 is 2.67 bits per heavy atom. The molecule has 1 aromatic rings. The molecule has 12 heavy (non-hydrogen) atoms. The van der Waals surface area contributed by atoms with Crippen LogP contribution < -0.4 is 5.73 Å². The van der Waals surface area contributed by atoms with E-state index >= 15 is 0 Å². The van der Waals surface area contributed by atoms with Crippen molar-refractivity contribution in [1.29, 1.82) is 0 Å². The van der Waals surface area contributed by atoms with E-state index in [9.17, 15) is 0 Å². The number of allylic oxidation sites excluding steroid dienone is 1. The van der Waals surface area contributed by atoms with Crippen LogP contribution in [-0.4, -0.2) is 4.98 Å². The summed E-state index contributed by atoms with van der Waals surface area (Å²) in [5.74, 6) is 0. The summed E-state index contributed by atoms with van der Waals surface area (Å²) in [7, 11) is 0. The number of rotatable bonds is 1. The molecule has 0 unspecified atom stereocenters. The summed E-state index contributed by atoms with van der Waals surface area (Å²) in [5, 5.41) is 0. The van der Waals surface area contributed by atoms with Gasteiger partial charge in [-0.15, -0.1) is 0 Å². The summed E-state index contributed by atoms with van der Waals surface area (Å²) in [4.78, 5) is 4.22. The maximum Gasteiger partial charge on any atom is 0.0649 e. The molecule has 0 aliphatic carbocycles. The van der Waals surface area contributed by atoms with Gasteiger partial charge in [0.05, 0.1) is 5.69 Å². The van der Waals surface area contributed by atoms with Gasteiger partial charge >= 0.3 is 0 Å². The fourth-order valence-corrected chi connectivity index (χ4v) is 0.931. The zero-order chi connectivity index (χ0) is 9.14. The number of nitrogens with two attached hydrogens (primary N) is 1. The molecule has 0 saturated carbocycles. The molecule has 0 spiro atoms. The van der Waals surface area contributed by atoms with Gasteiger partial charge in [0.1, 0.15) is 0 Å². The minimum atomic E-state index is 0.803. The first-order valence-corrected chi connectivity index (χ1v) is 3.96. The molecule has 0 atom stereocenters. The molecule has 0 saturated heterocycles. The van der Waals surface area contributed by atoms with Gasteiger partial charge in [-0.3, -0.25) is 4.98 Å². The Labute approximate surface area is 73.1 Å². The molecule has 0 aliphatic heterocycles. The van der Waals surface area contributed by atoms with Crippen molar-refractivity contribution in [2.75, 3.05) is 5.73 Å². The van der Waals surface area contributed by atoms with E-state index in [1.807, 2.05) is 32.9 Å². The number of anilines is 1. The normalized spacial score (nSPS) is 9.58. The minimum absolute atomic E-state index is 0.803. The third-order valence-corrected chi connectivity index (χ3v) is 1.60. The SMILES string of the molecule is CC(C)=Cc1cc(N)c(C)cn1. The molecule has 0 amide bonds. The summed E-state index contributed by atoms with van der Waals surface area (Å²) >= 11 is 0. The molecule has 0 fully saturated rings. The molecule has 2 N–H and O–H groups in total. The first-order valence-electron chi connectivity index (χ1n) is 3.96. The number of aromatic nitrogens is 1. The highest BCUT2D eigenvalue weighted by molar-refractivity contribution is 5.55. The summed E-state index contributed by atoms with van der Waals surface area (Å²) in [6.07, 6.45) is 3.81. The number of nitrogens with zero attached hydrogens (tertiary/aromatic N) is 1. The van der Waals surface area contributed by atoms with Crippen LogP contribution >= 0.6 is 0 Å². The Hall–Kier alpha value is -1.31. The molecule has 1 heterocycles. The first kappa shape index (κ1) is 8.78. The van der Waals surface area contributed by atoms with E-state index in [4.69, 9.17) is 5.73 Å². The van der Waals surface area contributed by atoms with Gasteiger partial charge in [0, 0.05) is 11.9 Å². The van der Waals surface area contributed by atoms with Crippen LogP contribution in [0.15, 0.2) is 17.8 Å². The third kappa shape index (κ3) is 2.09. The van der Waals surface area contributed by atoms with E-state index in [1.54, 1.807) is 6.20 Å². The van der Waals surface area contributed by atoms with Gasteiger partial charge in [0.2, 0.25) is 0 Å². The lowest BCUT2D eigenvalue weighted by Gasteiger charge is -2.00. The van der Waals surface area contributed by atoms with Crippen molar-refractivity contribution in [3.63, 3.8) is 0 Å². The molecule has 64 valence electrons. The van der Waals surface area contributed by atoms with Crippen LogP contribution in [0.2, 0.25) is 0 Å². The Kier molecular flexibility index (Phi) is 2.48. The van der Waals surface area contributed by atoms with Crippen molar-refractivity contribution >= 4 is 11.8 Å². The molecule has 0 radical (unpaired) electrons. The number of nitrogen functional groups attached to an aromatic ring is 1. The molecule has 2 nitrogen and oxygen atoms in total. The third-order valence-electron chi connectivity index (χ3n) is 1.60. The van der Waals surface area contributed by atoms with Gasteiger partial charge in [0.15, 0.2) is 0 Å². The van der Waals surface area contributed by atoms with Crippen LogP contribution in [-0.2, 0) is 0 Å². The minimum Gasteiger partial charge on any atom is -0.398 e. The van der Waals surface area contributed by atoms with Crippen molar-refractivity contribution < 1.29 is 0 Å². The molecular weight excluding hydrogens is 148 g/mol. The van der Waals surface area contributed by atoms with E-state index in [0.29, 0.717) is 0 Å². The zero-order valence-corrected chi connectivity index (χ0v) is 7.76. The summed E-state index contributed by atoms with van der Waals surface area (Å²) in [6.45, 7) is 6.03. The fraction of sp³-hybridized carbons (Fsp3) is 0.300. The molecule has 1 rings (SSSR count). The standard InChI is InChI=1S/C10H14N2/c1-7(2)4-9-5-10(11)8(3)6-12-9/h4-6H,1-3H3,(H2,11,12). The van der Waals surface area contributed by atoms with Gasteiger partial charge in [-0.25, -0.2) is 0 Å². The molecule has 2 heteroatoms. The Morgan fingerprint density at radius 1 is 1.50 bits per heavy atom. The second kappa shape index (κ2) is 3.39. The van der Waals surface area contributed by atoms with Gasteiger partial charge < -0.3 is 5.73 Å². The lowest BCUT2D eigenvalue weighted by atomic mass is 10.2. The summed E-state index contributed by atoms with van der Waals surface area (Å²) in [5.41, 5.74) is 9.72. The van der Waals surface area contributed by atoms with Crippen molar-refractivity contribution in [2.24, 2.45) is 0 Å². The highest BCUT2D eigenvalue weighted by Gasteiger charge is 1.94. The van der Waals surface area contributed by atoms with Crippen LogP contribution in [0.5, 0.6) is 0 Å². The number of aryl methyl sites for hydroxylation is 1. The Balaban J connectivity index is 3.05. The van der Waals surface area contributed by atoms with Crippen molar-refractivity contribution in [1.82, 2.24) is 4.98 Å². The maximum absolute atomic E-state index is 5.73. The molecule has 0 aromatic carbocycles. The average molecular weight is 162 g/mol. The van der Waals surface area contributed by atoms with Gasteiger partial charge in [0.25, 0.3) is 0 Å². The molecular formula is C10H14N2. The van der Waals surface area contributed by atoms with Crippen LogP contribution in [0.25, 0.3) is 6.08 Å². The predicted octanol–water partition coefficient (Wildman–Crippen LogP) is 2.40. The summed E-state index contributed by atoms with van der Waals surface area (Å²) in [6, 6.07) is 1.89. The monoisotopic (exact) mass is 162 g/mol. The predicted molar refractivity (Wildman–Crippen MR) is 52.7 cm³/mol. The Morgan fingerprint density at radius 2 is 2.17 bits per heavy atom. The number of hydrogen-bond donors (Lipinski definition) is 1. The first-order chi connectivity index (χ1) is 5.59. The topological polar surface area (TPSA) is 38.9 Å². The second-order valence-corrected chi connectivity index (χ2v) is 3.19. The van der Waals surface area contributed by atoms with Crippen LogP contribution in [0, 0.1) is 6.92 Å². The molecule has 1 aromatic heterocycles. The van der Waals surface area contributed by atoms with E-state index in [1.165, 1.54) is 5.57 Å². The van der Waals surface area contributed by atoms with Gasteiger partial charge in [-0.1, -0.05) is 5.57 Å². The zero-order valence-electron chi connectivity index (χ0n) is 7.76. The lowest BCUT2D eigenvalue weighted by molar-refractivity contribution is 1.24. The number of hydrogen-bond acceptors (Lipinski definition) is 2. The van der Waals surface area contributed by atoms with Gasteiger partial charge in [-0.05, 0) is 38.5 Å². The van der Waals surface area contributed by atoms with E-state index < -0.39 is 0 Å². The fourth-order valence-electron chi connectivity index (χ4n) is 0.931. The summed E-state index contributed by atoms with van der Waals surface area (Å²) < 4.78 is 0.